The van der Waals surface area contributed by atoms with Crippen molar-refractivity contribution in [3.05, 3.63) is 58.4 Å². The third-order valence-corrected chi connectivity index (χ3v) is 6.17. The lowest BCUT2D eigenvalue weighted by atomic mass is 10.1. The summed E-state index contributed by atoms with van der Waals surface area (Å²) in [7, 11) is 0. The van der Waals surface area contributed by atoms with Gasteiger partial charge in [-0.15, -0.1) is 11.8 Å². The standard InChI is InChI=1S/C21H24N2OS2/c1-5-15-9-8-12-18-19(15)23(6-2)21(26-18)22-20(24)16-10-7-11-17(13-16)25-14(3)4/h7-14H,5-6H2,1-4H3. The Morgan fingerprint density at radius 2 is 1.96 bits per heavy atom. The summed E-state index contributed by atoms with van der Waals surface area (Å²) in [5, 5.41) is 0.481. The quantitative estimate of drug-likeness (QED) is 0.542. The topological polar surface area (TPSA) is 34.4 Å². The summed E-state index contributed by atoms with van der Waals surface area (Å²) >= 11 is 3.34. The number of fused-ring (bicyclic) bond motifs is 1. The van der Waals surface area contributed by atoms with Gasteiger partial charge >= 0.3 is 0 Å². The molecule has 0 fully saturated rings. The van der Waals surface area contributed by atoms with Gasteiger partial charge in [-0.25, -0.2) is 0 Å². The molecular formula is C21H24N2OS2. The molecule has 0 saturated carbocycles. The highest BCUT2D eigenvalue weighted by molar-refractivity contribution is 7.99. The molecule has 0 aliphatic carbocycles. The Balaban J connectivity index is 2.06. The van der Waals surface area contributed by atoms with Gasteiger partial charge in [-0.1, -0.05) is 50.3 Å². The number of thioether (sulfide) groups is 1. The number of nitrogens with zero attached hydrogens (tertiary/aromatic N) is 2. The first-order chi connectivity index (χ1) is 12.5. The summed E-state index contributed by atoms with van der Waals surface area (Å²) in [5.41, 5.74) is 3.15. The van der Waals surface area contributed by atoms with Gasteiger partial charge in [0.1, 0.15) is 0 Å². The number of aryl methyl sites for hydroxylation is 2. The van der Waals surface area contributed by atoms with E-state index in [0.29, 0.717) is 10.8 Å². The zero-order valence-electron chi connectivity index (χ0n) is 15.7. The molecule has 0 atom stereocenters. The van der Waals surface area contributed by atoms with E-state index in [9.17, 15) is 4.79 Å². The average Bonchev–Trinajstić information content (AvgIpc) is 2.98. The summed E-state index contributed by atoms with van der Waals surface area (Å²) in [6.07, 6.45) is 0.968. The molecular weight excluding hydrogens is 360 g/mol. The fraction of sp³-hybridized carbons (Fsp3) is 0.333. The number of amides is 1. The lowest BCUT2D eigenvalue weighted by molar-refractivity contribution is 0.0997. The minimum absolute atomic E-state index is 0.178. The number of para-hydroxylation sites is 1. The van der Waals surface area contributed by atoms with Crippen LogP contribution in [0.3, 0.4) is 0 Å². The van der Waals surface area contributed by atoms with Gasteiger partial charge in [0.2, 0.25) is 0 Å². The van der Waals surface area contributed by atoms with Crippen molar-refractivity contribution in [3.63, 3.8) is 0 Å². The number of hydrogen-bond acceptors (Lipinski definition) is 3. The molecule has 0 bridgehead atoms. The summed E-state index contributed by atoms with van der Waals surface area (Å²) in [6.45, 7) is 9.35. The van der Waals surface area contributed by atoms with Crippen LogP contribution in [0.2, 0.25) is 0 Å². The number of carbonyl (C=O) groups is 1. The zero-order chi connectivity index (χ0) is 18.7. The smallest absolute Gasteiger partial charge is 0.279 e. The Bertz CT molecular complexity index is 999. The van der Waals surface area contributed by atoms with E-state index in [1.54, 1.807) is 23.1 Å². The van der Waals surface area contributed by atoms with Crippen molar-refractivity contribution in [3.8, 4) is 0 Å². The maximum absolute atomic E-state index is 12.8. The molecule has 136 valence electrons. The summed E-state index contributed by atoms with van der Waals surface area (Å²) < 4.78 is 3.34. The highest BCUT2D eigenvalue weighted by Crippen LogP contribution is 2.24. The second kappa shape index (κ2) is 8.23. The first-order valence-corrected chi connectivity index (χ1v) is 10.7. The fourth-order valence-corrected chi connectivity index (χ4v) is 5.03. The van der Waals surface area contributed by atoms with Crippen LogP contribution in [0.15, 0.2) is 52.4 Å². The predicted octanol–water partition coefficient (Wildman–Crippen LogP) is 5.53. The lowest BCUT2D eigenvalue weighted by Gasteiger charge is -2.06. The van der Waals surface area contributed by atoms with Gasteiger partial charge in [0, 0.05) is 22.3 Å². The van der Waals surface area contributed by atoms with Crippen LogP contribution in [0.5, 0.6) is 0 Å². The summed E-state index contributed by atoms with van der Waals surface area (Å²) in [5.74, 6) is -0.178. The van der Waals surface area contributed by atoms with E-state index >= 15 is 0 Å². The van der Waals surface area contributed by atoms with Crippen LogP contribution in [0.1, 0.15) is 43.6 Å². The second-order valence-corrected chi connectivity index (χ2v) is 9.02. The molecule has 0 aliphatic rings. The Morgan fingerprint density at radius 3 is 2.65 bits per heavy atom. The van der Waals surface area contributed by atoms with Crippen molar-refractivity contribution >= 4 is 39.2 Å². The van der Waals surface area contributed by atoms with Crippen LogP contribution in [-0.2, 0) is 13.0 Å². The molecule has 1 aromatic heterocycles. The number of thiazole rings is 1. The normalized spacial score (nSPS) is 12.3. The van der Waals surface area contributed by atoms with E-state index in [1.165, 1.54) is 15.8 Å². The number of carbonyl (C=O) groups excluding carboxylic acids is 1. The molecule has 26 heavy (non-hydrogen) atoms. The average molecular weight is 385 g/mol. The number of hydrogen-bond donors (Lipinski definition) is 0. The first-order valence-electron chi connectivity index (χ1n) is 9.00. The molecule has 3 aromatic rings. The van der Waals surface area contributed by atoms with E-state index in [-0.39, 0.29) is 5.91 Å². The van der Waals surface area contributed by atoms with Crippen LogP contribution in [-0.4, -0.2) is 15.7 Å². The van der Waals surface area contributed by atoms with Gasteiger partial charge < -0.3 is 4.57 Å². The molecule has 3 nitrogen and oxygen atoms in total. The molecule has 0 spiro atoms. The number of rotatable bonds is 5. The largest absolute Gasteiger partial charge is 0.316 e. The highest BCUT2D eigenvalue weighted by atomic mass is 32.2. The summed E-state index contributed by atoms with van der Waals surface area (Å²) in [6, 6.07) is 14.1. The monoisotopic (exact) mass is 384 g/mol. The highest BCUT2D eigenvalue weighted by Gasteiger charge is 2.11. The van der Waals surface area contributed by atoms with Crippen LogP contribution in [0.25, 0.3) is 10.2 Å². The maximum atomic E-state index is 12.8. The number of aromatic nitrogens is 1. The van der Waals surface area contributed by atoms with Gasteiger partial charge in [-0.3, -0.25) is 4.79 Å². The Hall–Kier alpha value is -1.85. The van der Waals surface area contributed by atoms with Gasteiger partial charge in [0.15, 0.2) is 4.80 Å². The SMILES string of the molecule is CCc1cccc2sc(=NC(=O)c3cccc(SC(C)C)c3)n(CC)c12. The molecule has 0 N–H and O–H groups in total. The zero-order valence-corrected chi connectivity index (χ0v) is 17.3. The van der Waals surface area contributed by atoms with E-state index in [2.05, 4.69) is 55.5 Å². The molecule has 1 heterocycles. The van der Waals surface area contributed by atoms with E-state index < -0.39 is 0 Å². The van der Waals surface area contributed by atoms with Crippen molar-refractivity contribution in [1.29, 1.82) is 0 Å². The van der Waals surface area contributed by atoms with Crippen molar-refractivity contribution in [2.45, 2.75) is 50.8 Å². The lowest BCUT2D eigenvalue weighted by Crippen LogP contribution is -2.16. The third kappa shape index (κ3) is 3.94. The van der Waals surface area contributed by atoms with Crippen molar-refractivity contribution in [1.82, 2.24) is 4.57 Å². The molecule has 0 saturated heterocycles. The molecule has 5 heteroatoms. The Morgan fingerprint density at radius 1 is 1.19 bits per heavy atom. The third-order valence-electron chi connectivity index (χ3n) is 4.13. The minimum atomic E-state index is -0.178. The van der Waals surface area contributed by atoms with Gasteiger partial charge in [-0.2, -0.15) is 4.99 Å². The minimum Gasteiger partial charge on any atom is -0.316 e. The predicted molar refractivity (Wildman–Crippen MR) is 112 cm³/mol. The Kier molecular flexibility index (Phi) is 5.99. The van der Waals surface area contributed by atoms with Crippen molar-refractivity contribution in [2.24, 2.45) is 4.99 Å². The van der Waals surface area contributed by atoms with Crippen LogP contribution >= 0.6 is 23.1 Å². The first kappa shape index (κ1) is 18.9. The molecule has 0 aliphatic heterocycles. The fourth-order valence-electron chi connectivity index (χ4n) is 2.99. The van der Waals surface area contributed by atoms with Gasteiger partial charge in [-0.05, 0) is 43.2 Å². The van der Waals surface area contributed by atoms with E-state index in [4.69, 9.17) is 0 Å². The van der Waals surface area contributed by atoms with Crippen molar-refractivity contribution in [2.75, 3.05) is 0 Å². The summed E-state index contributed by atoms with van der Waals surface area (Å²) in [4.78, 5) is 19.1. The molecule has 0 unspecified atom stereocenters. The maximum Gasteiger partial charge on any atom is 0.279 e. The number of benzene rings is 2. The van der Waals surface area contributed by atoms with Crippen LogP contribution < -0.4 is 4.80 Å². The molecule has 1 amide bonds. The Labute approximate surface area is 162 Å². The molecule has 0 radical (unpaired) electrons. The molecule has 3 rings (SSSR count). The second-order valence-electron chi connectivity index (χ2n) is 6.36. The van der Waals surface area contributed by atoms with Crippen LogP contribution in [0.4, 0.5) is 0 Å². The van der Waals surface area contributed by atoms with Crippen LogP contribution in [0, 0.1) is 0 Å². The van der Waals surface area contributed by atoms with Gasteiger partial charge in [0.05, 0.1) is 10.2 Å². The van der Waals surface area contributed by atoms with E-state index in [1.807, 2.05) is 24.3 Å². The van der Waals surface area contributed by atoms with Gasteiger partial charge in [0.25, 0.3) is 5.91 Å². The van der Waals surface area contributed by atoms with Crippen molar-refractivity contribution < 1.29 is 4.79 Å². The van der Waals surface area contributed by atoms with E-state index in [0.717, 1.165) is 22.7 Å². The molecule has 2 aromatic carbocycles.